The van der Waals surface area contributed by atoms with Crippen LogP contribution >= 0.6 is 0 Å². The van der Waals surface area contributed by atoms with Gasteiger partial charge in [-0.1, -0.05) is 62.4 Å². The molecule has 0 saturated heterocycles. The van der Waals surface area contributed by atoms with E-state index >= 15 is 0 Å². The first-order chi connectivity index (χ1) is 14.5. The van der Waals surface area contributed by atoms with Gasteiger partial charge in [-0.3, -0.25) is 4.79 Å². The number of sulfonamides is 1. The molecule has 0 aliphatic carbocycles. The van der Waals surface area contributed by atoms with Gasteiger partial charge in [-0.15, -0.1) is 0 Å². The zero-order valence-electron chi connectivity index (χ0n) is 17.2. The highest BCUT2D eigenvalue weighted by Crippen LogP contribution is 2.21. The summed E-state index contributed by atoms with van der Waals surface area (Å²) in [4.78, 5) is 12.9. The summed E-state index contributed by atoms with van der Waals surface area (Å²) >= 11 is 0. The molecule has 156 valence electrons. The van der Waals surface area contributed by atoms with Gasteiger partial charge in [-0.2, -0.15) is 4.31 Å². The Labute approximate surface area is 178 Å². The van der Waals surface area contributed by atoms with Crippen LogP contribution in [0.4, 0.5) is 5.69 Å². The highest BCUT2D eigenvalue weighted by Gasteiger charge is 2.21. The predicted octanol–water partition coefficient (Wildman–Crippen LogP) is 4.56. The summed E-state index contributed by atoms with van der Waals surface area (Å²) in [7, 11) is -3.54. The number of anilines is 1. The number of para-hydroxylation sites is 1. The highest BCUT2D eigenvalue weighted by atomic mass is 32.2. The molecule has 3 rings (SSSR count). The Morgan fingerprint density at radius 2 is 1.43 bits per heavy atom. The molecule has 0 heterocycles. The lowest BCUT2D eigenvalue weighted by atomic mass is 10.0. The third-order valence-corrected chi connectivity index (χ3v) is 7.03. The van der Waals surface area contributed by atoms with Gasteiger partial charge in [0.15, 0.2) is 0 Å². The van der Waals surface area contributed by atoms with E-state index in [-0.39, 0.29) is 10.8 Å². The van der Waals surface area contributed by atoms with Crippen molar-refractivity contribution in [1.29, 1.82) is 0 Å². The van der Waals surface area contributed by atoms with Gasteiger partial charge in [-0.05, 0) is 47.9 Å². The van der Waals surface area contributed by atoms with Crippen LogP contribution in [0.3, 0.4) is 0 Å². The number of benzene rings is 3. The van der Waals surface area contributed by atoms with Crippen LogP contribution in [0.25, 0.3) is 0 Å². The molecular weight excluding hydrogens is 396 g/mol. The molecule has 0 saturated carbocycles. The number of carbonyl (C=O) groups excluding carboxylic acids is 1. The summed E-state index contributed by atoms with van der Waals surface area (Å²) in [5.41, 5.74) is 3.32. The molecule has 0 aliphatic rings. The molecule has 0 aromatic heterocycles. The van der Waals surface area contributed by atoms with Crippen molar-refractivity contribution in [2.24, 2.45) is 0 Å². The minimum absolute atomic E-state index is 0.187. The van der Waals surface area contributed by atoms with Gasteiger partial charge in [0.1, 0.15) is 0 Å². The summed E-state index contributed by atoms with van der Waals surface area (Å²) in [6.07, 6.45) is 0.707. The fourth-order valence-corrected chi connectivity index (χ4v) is 4.76. The summed E-state index contributed by atoms with van der Waals surface area (Å²) in [5, 5.41) is 2.95. The fraction of sp³-hybridized carbons (Fsp3) is 0.208. The summed E-state index contributed by atoms with van der Waals surface area (Å²) in [5.74, 6) is -0.276. The van der Waals surface area contributed by atoms with Crippen LogP contribution in [0.5, 0.6) is 0 Å². The van der Waals surface area contributed by atoms with Crippen LogP contribution in [0, 0.1) is 0 Å². The average molecular weight is 423 g/mol. The van der Waals surface area contributed by atoms with Gasteiger partial charge < -0.3 is 5.32 Å². The van der Waals surface area contributed by atoms with Crippen molar-refractivity contribution in [3.8, 4) is 0 Å². The Kier molecular flexibility index (Phi) is 7.03. The quantitative estimate of drug-likeness (QED) is 0.579. The molecule has 6 heteroatoms. The van der Waals surface area contributed by atoms with E-state index in [1.54, 1.807) is 26.0 Å². The molecule has 0 radical (unpaired) electrons. The SMILES string of the molecule is CCN(CC)S(=O)(=O)c1ccc(C(=O)Nc2ccccc2Cc2ccccc2)cc1. The number of hydrogen-bond acceptors (Lipinski definition) is 3. The number of nitrogens with zero attached hydrogens (tertiary/aromatic N) is 1. The normalized spacial score (nSPS) is 11.4. The monoisotopic (exact) mass is 422 g/mol. The lowest BCUT2D eigenvalue weighted by Crippen LogP contribution is -2.30. The van der Waals surface area contributed by atoms with E-state index in [4.69, 9.17) is 0 Å². The van der Waals surface area contributed by atoms with Gasteiger partial charge in [0.2, 0.25) is 10.0 Å². The second-order valence-corrected chi connectivity index (χ2v) is 8.83. The largest absolute Gasteiger partial charge is 0.322 e. The second kappa shape index (κ2) is 9.69. The van der Waals surface area contributed by atoms with Crippen LogP contribution in [0.1, 0.15) is 35.3 Å². The van der Waals surface area contributed by atoms with Gasteiger partial charge in [0.25, 0.3) is 5.91 Å². The highest BCUT2D eigenvalue weighted by molar-refractivity contribution is 7.89. The zero-order valence-corrected chi connectivity index (χ0v) is 18.0. The molecule has 5 nitrogen and oxygen atoms in total. The lowest BCUT2D eigenvalue weighted by Gasteiger charge is -2.18. The first-order valence-electron chi connectivity index (χ1n) is 9.99. The van der Waals surface area contributed by atoms with Crippen molar-refractivity contribution in [3.05, 3.63) is 95.6 Å². The van der Waals surface area contributed by atoms with Gasteiger partial charge in [0.05, 0.1) is 4.90 Å². The average Bonchev–Trinajstić information content (AvgIpc) is 2.76. The zero-order chi connectivity index (χ0) is 21.6. The molecular formula is C24H26N2O3S. The van der Waals surface area contributed by atoms with E-state index in [2.05, 4.69) is 5.32 Å². The maximum absolute atomic E-state index is 12.8. The van der Waals surface area contributed by atoms with Crippen molar-refractivity contribution in [2.45, 2.75) is 25.2 Å². The third-order valence-electron chi connectivity index (χ3n) is 4.96. The maximum Gasteiger partial charge on any atom is 0.255 e. The maximum atomic E-state index is 12.8. The molecule has 0 atom stereocenters. The van der Waals surface area contributed by atoms with E-state index in [9.17, 15) is 13.2 Å². The van der Waals surface area contributed by atoms with Crippen molar-refractivity contribution in [1.82, 2.24) is 4.31 Å². The number of rotatable bonds is 8. The fourth-order valence-electron chi connectivity index (χ4n) is 3.30. The van der Waals surface area contributed by atoms with Crippen LogP contribution in [-0.4, -0.2) is 31.7 Å². The topological polar surface area (TPSA) is 66.5 Å². The van der Waals surface area contributed by atoms with Crippen LogP contribution in [0.2, 0.25) is 0 Å². The summed E-state index contributed by atoms with van der Waals surface area (Å²) in [6.45, 7) is 4.41. The molecule has 3 aromatic rings. The Morgan fingerprint density at radius 1 is 0.833 bits per heavy atom. The summed E-state index contributed by atoms with van der Waals surface area (Å²) < 4.78 is 26.6. The van der Waals surface area contributed by atoms with Gasteiger partial charge in [0, 0.05) is 24.3 Å². The molecule has 0 aliphatic heterocycles. The molecule has 1 amide bonds. The van der Waals surface area contributed by atoms with E-state index in [0.717, 1.165) is 16.8 Å². The van der Waals surface area contributed by atoms with E-state index in [1.807, 2.05) is 54.6 Å². The Hall–Kier alpha value is -2.96. The van der Waals surface area contributed by atoms with Crippen molar-refractivity contribution in [3.63, 3.8) is 0 Å². The first-order valence-corrected chi connectivity index (χ1v) is 11.4. The third kappa shape index (κ3) is 4.96. The molecule has 0 bridgehead atoms. The number of carbonyl (C=O) groups is 1. The molecule has 30 heavy (non-hydrogen) atoms. The number of hydrogen-bond donors (Lipinski definition) is 1. The smallest absolute Gasteiger partial charge is 0.255 e. The van der Waals surface area contributed by atoms with Crippen molar-refractivity contribution in [2.75, 3.05) is 18.4 Å². The molecule has 1 N–H and O–H groups in total. The van der Waals surface area contributed by atoms with Crippen LogP contribution in [0.15, 0.2) is 83.8 Å². The standard InChI is InChI=1S/C24H26N2O3S/c1-3-26(4-2)30(28,29)22-16-14-20(15-17-22)24(27)25-23-13-9-8-12-21(23)18-19-10-6-5-7-11-19/h5-17H,3-4,18H2,1-2H3,(H,25,27). The van der Waals surface area contributed by atoms with Crippen molar-refractivity contribution >= 4 is 21.6 Å². The molecule has 0 unspecified atom stereocenters. The Balaban J connectivity index is 1.77. The van der Waals surface area contributed by atoms with Gasteiger partial charge in [-0.25, -0.2) is 8.42 Å². The molecule has 3 aromatic carbocycles. The lowest BCUT2D eigenvalue weighted by molar-refractivity contribution is 0.102. The summed E-state index contributed by atoms with van der Waals surface area (Å²) in [6, 6.07) is 23.8. The van der Waals surface area contributed by atoms with E-state index < -0.39 is 10.0 Å². The second-order valence-electron chi connectivity index (χ2n) is 6.89. The van der Waals surface area contributed by atoms with Crippen LogP contribution < -0.4 is 5.32 Å². The van der Waals surface area contributed by atoms with Crippen molar-refractivity contribution < 1.29 is 13.2 Å². The predicted molar refractivity (Wildman–Crippen MR) is 120 cm³/mol. The van der Waals surface area contributed by atoms with E-state index in [0.29, 0.717) is 25.1 Å². The minimum Gasteiger partial charge on any atom is -0.322 e. The first kappa shape index (κ1) is 21.7. The Morgan fingerprint density at radius 3 is 2.07 bits per heavy atom. The van der Waals surface area contributed by atoms with Gasteiger partial charge >= 0.3 is 0 Å². The minimum atomic E-state index is -3.54. The number of nitrogens with one attached hydrogen (secondary N) is 1. The number of amides is 1. The van der Waals surface area contributed by atoms with E-state index in [1.165, 1.54) is 16.4 Å². The van der Waals surface area contributed by atoms with Crippen LogP contribution in [-0.2, 0) is 16.4 Å². The molecule has 0 fully saturated rings. The Bertz CT molecular complexity index is 1090. The molecule has 0 spiro atoms.